The molecule has 0 unspecified atom stereocenters. The van der Waals surface area contributed by atoms with E-state index >= 15 is 0 Å². The number of amides is 1. The quantitative estimate of drug-likeness (QED) is 0.680. The monoisotopic (exact) mass is 179 g/mol. The molecule has 12 heavy (non-hydrogen) atoms. The smallest absolute Gasteiger partial charge is 0.366 e. The summed E-state index contributed by atoms with van der Waals surface area (Å²) < 4.78 is 35.2. The molecule has 4 nitrogen and oxygen atoms in total. The van der Waals surface area contributed by atoms with Crippen molar-refractivity contribution in [1.82, 2.24) is 9.78 Å². The van der Waals surface area contributed by atoms with Crippen molar-refractivity contribution >= 4 is 5.91 Å². The zero-order valence-electron chi connectivity index (χ0n) is 5.67. The van der Waals surface area contributed by atoms with Crippen molar-refractivity contribution in [3.05, 3.63) is 18.0 Å². The lowest BCUT2D eigenvalue weighted by Crippen LogP contribution is -2.17. The lowest BCUT2D eigenvalue weighted by molar-refractivity contribution is -0.212. The molecular formula is C5H4F3N3O. The van der Waals surface area contributed by atoms with E-state index in [4.69, 9.17) is 5.73 Å². The normalized spacial score (nSPS) is 11.6. The largest absolute Gasteiger partial charge is 0.504 e. The maximum Gasteiger partial charge on any atom is 0.504 e. The topological polar surface area (TPSA) is 60.9 Å². The second-order valence-corrected chi connectivity index (χ2v) is 2.01. The van der Waals surface area contributed by atoms with Gasteiger partial charge >= 0.3 is 6.30 Å². The number of rotatable bonds is 1. The van der Waals surface area contributed by atoms with Crippen LogP contribution in [0.4, 0.5) is 13.2 Å². The van der Waals surface area contributed by atoms with E-state index in [1.807, 2.05) is 0 Å². The Labute approximate surface area is 64.8 Å². The van der Waals surface area contributed by atoms with Crippen molar-refractivity contribution in [3.63, 3.8) is 0 Å². The number of aromatic nitrogens is 2. The van der Waals surface area contributed by atoms with Gasteiger partial charge in [-0.1, -0.05) is 0 Å². The van der Waals surface area contributed by atoms with Crippen LogP contribution in [0.3, 0.4) is 0 Å². The third kappa shape index (κ3) is 1.55. The molecule has 2 N–H and O–H groups in total. The minimum Gasteiger partial charge on any atom is -0.366 e. The van der Waals surface area contributed by atoms with Crippen LogP contribution in [0, 0.1) is 0 Å². The Morgan fingerprint density at radius 1 is 1.58 bits per heavy atom. The van der Waals surface area contributed by atoms with E-state index in [9.17, 15) is 18.0 Å². The Kier molecular flexibility index (Phi) is 1.79. The highest BCUT2D eigenvalue weighted by molar-refractivity contribution is 5.92. The Balaban J connectivity index is 3.00. The predicted octanol–water partition coefficient (Wildman–Crippen LogP) is 0.458. The molecular weight excluding hydrogens is 175 g/mol. The zero-order chi connectivity index (χ0) is 9.35. The van der Waals surface area contributed by atoms with Crippen LogP contribution in [0.5, 0.6) is 0 Å². The summed E-state index contributed by atoms with van der Waals surface area (Å²) in [5.74, 6) is -0.939. The molecule has 1 heterocycles. The summed E-state index contributed by atoms with van der Waals surface area (Å²) in [6, 6.07) is 0. The minimum absolute atomic E-state index is 0.271. The molecule has 0 aliphatic heterocycles. The van der Waals surface area contributed by atoms with Gasteiger partial charge in [0.1, 0.15) is 0 Å². The minimum atomic E-state index is -4.60. The van der Waals surface area contributed by atoms with Gasteiger partial charge in [0.05, 0.1) is 11.8 Å². The van der Waals surface area contributed by atoms with Gasteiger partial charge in [0.15, 0.2) is 0 Å². The molecule has 0 saturated heterocycles. The number of hydrogen-bond donors (Lipinski definition) is 1. The first-order valence-electron chi connectivity index (χ1n) is 2.83. The van der Waals surface area contributed by atoms with Crippen molar-refractivity contribution in [1.29, 1.82) is 0 Å². The second kappa shape index (κ2) is 2.50. The summed E-state index contributed by atoms with van der Waals surface area (Å²) in [6.45, 7) is 0. The maximum atomic E-state index is 11.8. The van der Waals surface area contributed by atoms with Gasteiger partial charge in [0, 0.05) is 6.20 Å². The van der Waals surface area contributed by atoms with Crippen LogP contribution in [-0.4, -0.2) is 15.7 Å². The van der Waals surface area contributed by atoms with Crippen LogP contribution in [0.25, 0.3) is 0 Å². The Morgan fingerprint density at radius 3 is 2.42 bits per heavy atom. The van der Waals surface area contributed by atoms with E-state index < -0.39 is 12.2 Å². The first kappa shape index (κ1) is 8.57. The lowest BCUT2D eigenvalue weighted by Gasteiger charge is -2.03. The highest BCUT2D eigenvalue weighted by Gasteiger charge is 2.31. The first-order chi connectivity index (χ1) is 5.41. The summed E-state index contributed by atoms with van der Waals surface area (Å²) in [7, 11) is 0. The molecule has 0 radical (unpaired) electrons. The van der Waals surface area contributed by atoms with Crippen LogP contribution < -0.4 is 5.73 Å². The molecule has 0 aliphatic rings. The number of primary amides is 1. The van der Waals surface area contributed by atoms with Gasteiger partial charge in [-0.05, 0) is 0 Å². The van der Waals surface area contributed by atoms with Crippen LogP contribution in [0.2, 0.25) is 0 Å². The van der Waals surface area contributed by atoms with Gasteiger partial charge in [-0.2, -0.15) is 9.78 Å². The molecule has 1 aromatic heterocycles. The molecule has 7 heteroatoms. The molecule has 1 aromatic rings. The molecule has 0 spiro atoms. The summed E-state index contributed by atoms with van der Waals surface area (Å²) in [4.78, 5) is 10.3. The Morgan fingerprint density at radius 2 is 2.17 bits per heavy atom. The van der Waals surface area contributed by atoms with E-state index in [0.717, 1.165) is 6.20 Å². The molecule has 66 valence electrons. The van der Waals surface area contributed by atoms with Crippen molar-refractivity contribution in [2.75, 3.05) is 0 Å². The van der Waals surface area contributed by atoms with Crippen molar-refractivity contribution in [2.45, 2.75) is 6.30 Å². The van der Waals surface area contributed by atoms with Crippen molar-refractivity contribution in [2.24, 2.45) is 5.73 Å². The Hall–Kier alpha value is -1.53. The fraction of sp³-hybridized carbons (Fsp3) is 0.200. The van der Waals surface area contributed by atoms with E-state index in [1.54, 1.807) is 0 Å². The molecule has 0 saturated carbocycles. The van der Waals surface area contributed by atoms with Crippen LogP contribution in [0.1, 0.15) is 10.4 Å². The second-order valence-electron chi connectivity index (χ2n) is 2.01. The number of nitrogens with zero attached hydrogens (tertiary/aromatic N) is 2. The molecule has 0 bridgehead atoms. The number of alkyl halides is 3. The highest BCUT2D eigenvalue weighted by atomic mass is 19.4. The van der Waals surface area contributed by atoms with Gasteiger partial charge in [-0.3, -0.25) is 4.79 Å². The fourth-order valence-corrected chi connectivity index (χ4v) is 0.589. The molecule has 1 amide bonds. The lowest BCUT2D eigenvalue weighted by atomic mass is 10.4. The van der Waals surface area contributed by atoms with Crippen LogP contribution >= 0.6 is 0 Å². The van der Waals surface area contributed by atoms with Gasteiger partial charge in [-0.25, -0.2) is 0 Å². The molecule has 0 fully saturated rings. The van der Waals surface area contributed by atoms with Crippen LogP contribution in [-0.2, 0) is 6.30 Å². The summed E-state index contributed by atoms with van der Waals surface area (Å²) >= 11 is 0. The molecule has 0 aliphatic carbocycles. The van der Waals surface area contributed by atoms with Gasteiger partial charge in [0.25, 0.3) is 5.91 Å². The number of halogens is 3. The summed E-state index contributed by atoms with van der Waals surface area (Å²) in [6.07, 6.45) is -3.31. The Bertz CT molecular complexity index is 303. The summed E-state index contributed by atoms with van der Waals surface area (Å²) in [5.41, 5.74) is 4.44. The third-order valence-electron chi connectivity index (χ3n) is 1.13. The number of carbonyl (C=O) groups is 1. The maximum absolute atomic E-state index is 11.8. The molecule has 0 atom stereocenters. The third-order valence-corrected chi connectivity index (χ3v) is 1.13. The number of hydrogen-bond acceptors (Lipinski definition) is 2. The standard InChI is InChI=1S/C5H4F3N3O/c6-5(7,8)11-2-3(1-10-11)4(9)12/h1-2H,(H2,9,12). The van der Waals surface area contributed by atoms with Crippen molar-refractivity contribution in [3.8, 4) is 0 Å². The van der Waals surface area contributed by atoms with Gasteiger partial charge in [-0.15, -0.1) is 13.2 Å². The molecule has 0 aromatic carbocycles. The average molecular weight is 179 g/mol. The first-order valence-corrected chi connectivity index (χ1v) is 2.83. The van der Waals surface area contributed by atoms with Crippen LogP contribution in [0.15, 0.2) is 12.4 Å². The van der Waals surface area contributed by atoms with E-state index in [1.165, 1.54) is 0 Å². The van der Waals surface area contributed by atoms with E-state index in [-0.39, 0.29) is 10.2 Å². The van der Waals surface area contributed by atoms with E-state index in [0.29, 0.717) is 6.20 Å². The zero-order valence-corrected chi connectivity index (χ0v) is 5.67. The average Bonchev–Trinajstić information content (AvgIpc) is 2.30. The van der Waals surface area contributed by atoms with E-state index in [2.05, 4.69) is 5.10 Å². The van der Waals surface area contributed by atoms with Gasteiger partial charge in [0.2, 0.25) is 0 Å². The van der Waals surface area contributed by atoms with Gasteiger partial charge < -0.3 is 5.73 Å². The predicted molar refractivity (Wildman–Crippen MR) is 32.0 cm³/mol. The molecule has 1 rings (SSSR count). The number of carbonyl (C=O) groups excluding carboxylic acids is 1. The fourth-order valence-electron chi connectivity index (χ4n) is 0.589. The highest BCUT2D eigenvalue weighted by Crippen LogP contribution is 2.20. The van der Waals surface area contributed by atoms with Crippen molar-refractivity contribution < 1.29 is 18.0 Å². The summed E-state index contributed by atoms with van der Waals surface area (Å²) in [5, 5.41) is 2.90. The SMILES string of the molecule is NC(=O)c1cnn(C(F)(F)F)c1. The number of nitrogens with two attached hydrogens (primary N) is 1.